The van der Waals surface area contributed by atoms with Gasteiger partial charge in [-0.2, -0.15) is 0 Å². The van der Waals surface area contributed by atoms with E-state index in [2.05, 4.69) is 86.6 Å². The number of nitrogens with one attached hydrogen (secondary N) is 1. The van der Waals surface area contributed by atoms with Gasteiger partial charge < -0.3 is 10.2 Å². The van der Waals surface area contributed by atoms with E-state index in [1.165, 1.54) is 59.9 Å². The summed E-state index contributed by atoms with van der Waals surface area (Å²) in [7, 11) is 2.24. The van der Waals surface area contributed by atoms with Gasteiger partial charge in [0.1, 0.15) is 0 Å². The second kappa shape index (κ2) is 9.53. The van der Waals surface area contributed by atoms with Crippen molar-refractivity contribution in [2.75, 3.05) is 39.8 Å². The number of rotatable bonds is 6. The Hall–Kier alpha value is -1.20. The lowest BCUT2D eigenvalue weighted by Crippen LogP contribution is -2.47. The number of aryl methyl sites for hydroxylation is 1. The van der Waals surface area contributed by atoms with Crippen LogP contribution in [0.3, 0.4) is 0 Å². The number of nitrogens with zero attached hydrogens (tertiary/aromatic N) is 2. The summed E-state index contributed by atoms with van der Waals surface area (Å²) < 4.78 is 1.20. The lowest BCUT2D eigenvalue weighted by Gasteiger charge is -2.40. The Kier molecular flexibility index (Phi) is 6.84. The zero-order valence-corrected chi connectivity index (χ0v) is 18.5. The largest absolute Gasteiger partial charge is 0.310 e. The van der Waals surface area contributed by atoms with Gasteiger partial charge in [0.25, 0.3) is 0 Å². The average molecular weight is 442 g/mol. The van der Waals surface area contributed by atoms with Crippen molar-refractivity contribution in [3.8, 4) is 0 Å². The van der Waals surface area contributed by atoms with Gasteiger partial charge in [-0.3, -0.25) is 4.90 Å². The van der Waals surface area contributed by atoms with Crippen molar-refractivity contribution in [3.63, 3.8) is 0 Å². The summed E-state index contributed by atoms with van der Waals surface area (Å²) in [6.07, 6.45) is 4.97. The highest BCUT2D eigenvalue weighted by Crippen LogP contribution is 2.32. The molecule has 3 nitrogen and oxygen atoms in total. The zero-order valence-electron chi connectivity index (χ0n) is 16.9. The summed E-state index contributed by atoms with van der Waals surface area (Å²) in [6.45, 7) is 5.71. The van der Waals surface area contributed by atoms with Gasteiger partial charge in [-0.05, 0) is 68.1 Å². The first-order chi connectivity index (χ1) is 13.7. The Morgan fingerprint density at radius 2 is 1.96 bits per heavy atom. The first-order valence-electron chi connectivity index (χ1n) is 10.7. The molecule has 4 rings (SSSR count). The molecule has 2 aromatic rings. The minimum Gasteiger partial charge on any atom is -0.310 e. The van der Waals surface area contributed by atoms with Gasteiger partial charge in [0.15, 0.2) is 0 Å². The molecule has 0 aromatic heterocycles. The third kappa shape index (κ3) is 4.85. The Bertz CT molecular complexity index is 764. The lowest BCUT2D eigenvalue weighted by molar-refractivity contribution is 0.0885. The van der Waals surface area contributed by atoms with E-state index < -0.39 is 0 Å². The SMILES string of the molecule is CN1CCN(CCCNC2CCCc3ccc(Br)cc32)C(c2ccccc2)C1. The van der Waals surface area contributed by atoms with Crippen LogP contribution < -0.4 is 5.32 Å². The van der Waals surface area contributed by atoms with E-state index in [1.807, 2.05) is 0 Å². The molecule has 2 aromatic carbocycles. The van der Waals surface area contributed by atoms with E-state index in [0.717, 1.165) is 19.6 Å². The highest BCUT2D eigenvalue weighted by molar-refractivity contribution is 9.10. The molecule has 1 fully saturated rings. The summed E-state index contributed by atoms with van der Waals surface area (Å²) >= 11 is 3.65. The van der Waals surface area contributed by atoms with E-state index >= 15 is 0 Å². The third-order valence-electron chi connectivity index (χ3n) is 6.31. The molecule has 1 N–H and O–H groups in total. The Morgan fingerprint density at radius 3 is 2.82 bits per heavy atom. The quantitative estimate of drug-likeness (QED) is 0.649. The molecule has 1 heterocycles. The number of piperazine rings is 1. The molecule has 150 valence electrons. The van der Waals surface area contributed by atoms with Crippen LogP contribution >= 0.6 is 15.9 Å². The van der Waals surface area contributed by atoms with Crippen molar-refractivity contribution < 1.29 is 0 Å². The van der Waals surface area contributed by atoms with Crippen LogP contribution in [0.1, 0.15) is 48.0 Å². The van der Waals surface area contributed by atoms with Crippen LogP contribution in [-0.2, 0) is 6.42 Å². The van der Waals surface area contributed by atoms with Crippen molar-refractivity contribution in [1.82, 2.24) is 15.1 Å². The maximum absolute atomic E-state index is 3.85. The number of likely N-dealkylation sites (N-methyl/N-ethyl adjacent to an activating group) is 1. The van der Waals surface area contributed by atoms with Crippen molar-refractivity contribution in [2.45, 2.75) is 37.8 Å². The first kappa shape index (κ1) is 20.1. The van der Waals surface area contributed by atoms with Crippen LogP contribution in [0, 0.1) is 0 Å². The van der Waals surface area contributed by atoms with Gasteiger partial charge in [-0.1, -0.05) is 52.3 Å². The van der Waals surface area contributed by atoms with Crippen molar-refractivity contribution in [2.24, 2.45) is 0 Å². The van der Waals surface area contributed by atoms with Crippen molar-refractivity contribution in [1.29, 1.82) is 0 Å². The van der Waals surface area contributed by atoms with Crippen LogP contribution in [0.5, 0.6) is 0 Å². The first-order valence-corrected chi connectivity index (χ1v) is 11.5. The molecule has 1 aliphatic heterocycles. The van der Waals surface area contributed by atoms with E-state index in [0.29, 0.717) is 12.1 Å². The highest BCUT2D eigenvalue weighted by atomic mass is 79.9. The smallest absolute Gasteiger partial charge is 0.0475 e. The maximum Gasteiger partial charge on any atom is 0.0475 e. The number of hydrogen-bond donors (Lipinski definition) is 1. The van der Waals surface area contributed by atoms with Crippen LogP contribution in [-0.4, -0.2) is 49.6 Å². The molecule has 0 saturated carbocycles. The molecular weight excluding hydrogens is 410 g/mol. The predicted molar refractivity (Wildman–Crippen MR) is 121 cm³/mol. The van der Waals surface area contributed by atoms with Crippen molar-refractivity contribution >= 4 is 15.9 Å². The molecule has 2 atom stereocenters. The minimum absolute atomic E-state index is 0.513. The summed E-state index contributed by atoms with van der Waals surface area (Å²) in [5.74, 6) is 0. The predicted octanol–water partition coefficient (Wildman–Crippen LogP) is 4.79. The summed E-state index contributed by atoms with van der Waals surface area (Å²) in [5, 5.41) is 3.85. The third-order valence-corrected chi connectivity index (χ3v) is 6.81. The number of hydrogen-bond acceptors (Lipinski definition) is 3. The van der Waals surface area contributed by atoms with Gasteiger partial charge in [0.05, 0.1) is 0 Å². The lowest BCUT2D eigenvalue weighted by atomic mass is 9.88. The minimum atomic E-state index is 0.513. The van der Waals surface area contributed by atoms with Gasteiger partial charge >= 0.3 is 0 Å². The van der Waals surface area contributed by atoms with E-state index in [-0.39, 0.29) is 0 Å². The molecule has 2 aliphatic rings. The number of halogens is 1. The second-order valence-electron chi connectivity index (χ2n) is 8.32. The fraction of sp³-hybridized carbons (Fsp3) is 0.500. The molecule has 1 saturated heterocycles. The standard InChI is InChI=1S/C24H32BrN3/c1-27-15-16-28(24(18-27)20-7-3-2-4-8-20)14-6-13-26-23-10-5-9-19-11-12-21(25)17-22(19)23/h2-4,7-8,11-12,17,23-24,26H,5-6,9-10,13-16,18H2,1H3. The normalized spacial score (nSPS) is 23.5. The van der Waals surface area contributed by atoms with Gasteiger partial charge in [0, 0.05) is 42.7 Å². The van der Waals surface area contributed by atoms with E-state index in [1.54, 1.807) is 0 Å². The number of benzene rings is 2. The molecule has 0 amide bonds. The van der Waals surface area contributed by atoms with Gasteiger partial charge in [-0.25, -0.2) is 0 Å². The Morgan fingerprint density at radius 1 is 1.11 bits per heavy atom. The Labute approximate surface area is 178 Å². The van der Waals surface area contributed by atoms with E-state index in [4.69, 9.17) is 0 Å². The molecule has 0 spiro atoms. The summed E-state index contributed by atoms with van der Waals surface area (Å²) in [6, 6.07) is 18.8. The number of fused-ring (bicyclic) bond motifs is 1. The fourth-order valence-electron chi connectivity index (χ4n) is 4.76. The Balaban J connectivity index is 1.32. The second-order valence-corrected chi connectivity index (χ2v) is 9.24. The van der Waals surface area contributed by atoms with Gasteiger partial charge in [0.2, 0.25) is 0 Å². The monoisotopic (exact) mass is 441 g/mol. The topological polar surface area (TPSA) is 18.5 Å². The molecule has 4 heteroatoms. The molecule has 2 unspecified atom stereocenters. The fourth-order valence-corrected chi connectivity index (χ4v) is 5.14. The van der Waals surface area contributed by atoms with Crippen LogP contribution in [0.4, 0.5) is 0 Å². The zero-order chi connectivity index (χ0) is 19.3. The molecular formula is C24H32BrN3. The summed E-state index contributed by atoms with van der Waals surface area (Å²) in [4.78, 5) is 5.14. The van der Waals surface area contributed by atoms with Crippen LogP contribution in [0.2, 0.25) is 0 Å². The van der Waals surface area contributed by atoms with Crippen LogP contribution in [0.25, 0.3) is 0 Å². The highest BCUT2D eigenvalue weighted by Gasteiger charge is 2.26. The maximum atomic E-state index is 3.85. The van der Waals surface area contributed by atoms with Crippen molar-refractivity contribution in [3.05, 3.63) is 69.7 Å². The summed E-state index contributed by atoms with van der Waals surface area (Å²) in [5.41, 5.74) is 4.48. The molecule has 0 radical (unpaired) electrons. The average Bonchev–Trinajstić information content (AvgIpc) is 2.73. The van der Waals surface area contributed by atoms with Gasteiger partial charge in [-0.15, -0.1) is 0 Å². The van der Waals surface area contributed by atoms with Crippen LogP contribution in [0.15, 0.2) is 53.0 Å². The molecule has 0 bridgehead atoms. The molecule has 1 aliphatic carbocycles. The molecule has 28 heavy (non-hydrogen) atoms. The van der Waals surface area contributed by atoms with E-state index in [9.17, 15) is 0 Å².